The van der Waals surface area contributed by atoms with Gasteiger partial charge in [0, 0.05) is 36.3 Å². The van der Waals surface area contributed by atoms with Gasteiger partial charge in [0.1, 0.15) is 16.5 Å². The van der Waals surface area contributed by atoms with Crippen molar-refractivity contribution in [2.24, 2.45) is 0 Å². The number of aromatic nitrogens is 5. The zero-order chi connectivity index (χ0) is 22.1. The lowest BCUT2D eigenvalue weighted by Crippen LogP contribution is -2.26. The van der Waals surface area contributed by atoms with E-state index < -0.39 is 0 Å². The summed E-state index contributed by atoms with van der Waals surface area (Å²) in [7, 11) is 0. The Morgan fingerprint density at radius 2 is 2.03 bits per heavy atom. The van der Waals surface area contributed by atoms with Gasteiger partial charge in [0.2, 0.25) is 0 Å². The molecule has 166 valence electrons. The normalized spacial score (nSPS) is 13.8. The van der Waals surface area contributed by atoms with Crippen LogP contribution in [-0.4, -0.2) is 37.0 Å². The van der Waals surface area contributed by atoms with Gasteiger partial charge in [0.25, 0.3) is 5.91 Å². The van der Waals surface area contributed by atoms with E-state index in [0.29, 0.717) is 29.4 Å². The van der Waals surface area contributed by atoms with Crippen molar-refractivity contribution in [3.05, 3.63) is 63.1 Å². The Morgan fingerprint density at radius 1 is 1.19 bits per heavy atom. The van der Waals surface area contributed by atoms with E-state index in [0.717, 1.165) is 46.1 Å². The number of carbonyl (C=O) groups is 1. The van der Waals surface area contributed by atoms with Gasteiger partial charge in [-0.05, 0) is 43.5 Å². The molecule has 9 heteroatoms. The summed E-state index contributed by atoms with van der Waals surface area (Å²) in [5, 5.41) is 18.1. The molecule has 0 fully saturated rings. The summed E-state index contributed by atoms with van der Waals surface area (Å²) in [6, 6.07) is 9.70. The molecule has 4 aromatic rings. The molecule has 0 atom stereocenters. The molecular weight excluding hydrogens is 444 g/mol. The summed E-state index contributed by atoms with van der Waals surface area (Å²) < 4.78 is 4.19. The number of halogens is 1. The fourth-order valence-electron chi connectivity index (χ4n) is 4.20. The number of thiophene rings is 1. The topological polar surface area (TPSA) is 77.6 Å². The number of benzene rings is 1. The fourth-order valence-corrected chi connectivity index (χ4v) is 5.40. The molecule has 0 unspecified atom stereocenters. The molecule has 1 amide bonds. The van der Waals surface area contributed by atoms with Gasteiger partial charge >= 0.3 is 0 Å². The van der Waals surface area contributed by atoms with Crippen molar-refractivity contribution < 1.29 is 4.79 Å². The van der Waals surface area contributed by atoms with Gasteiger partial charge in [0.05, 0.1) is 17.1 Å². The quantitative estimate of drug-likeness (QED) is 0.455. The first kappa shape index (κ1) is 21.2. The third kappa shape index (κ3) is 4.29. The van der Waals surface area contributed by atoms with E-state index >= 15 is 0 Å². The Labute approximate surface area is 195 Å². The number of carbonyl (C=O) groups excluding carboxylic acids is 1. The third-order valence-corrected chi connectivity index (χ3v) is 7.30. The van der Waals surface area contributed by atoms with E-state index in [1.54, 1.807) is 0 Å². The van der Waals surface area contributed by atoms with Crippen molar-refractivity contribution in [2.45, 2.75) is 52.1 Å². The van der Waals surface area contributed by atoms with Crippen LogP contribution in [0.2, 0.25) is 5.02 Å². The summed E-state index contributed by atoms with van der Waals surface area (Å²) in [5.41, 5.74) is 2.04. The van der Waals surface area contributed by atoms with Crippen LogP contribution >= 0.6 is 22.9 Å². The second-order valence-electron chi connectivity index (χ2n) is 8.20. The number of hydrogen-bond donors (Lipinski definition) is 1. The van der Waals surface area contributed by atoms with Gasteiger partial charge in [0.15, 0.2) is 0 Å². The molecule has 0 saturated heterocycles. The Kier molecular flexibility index (Phi) is 5.97. The number of hydrogen-bond acceptors (Lipinski definition) is 5. The maximum atomic E-state index is 12.8. The molecule has 32 heavy (non-hydrogen) atoms. The van der Waals surface area contributed by atoms with Crippen molar-refractivity contribution in [3.8, 4) is 0 Å². The van der Waals surface area contributed by atoms with Gasteiger partial charge in [-0.15, -0.1) is 21.5 Å². The van der Waals surface area contributed by atoms with E-state index in [1.807, 2.05) is 41.9 Å². The summed E-state index contributed by atoms with van der Waals surface area (Å²) in [6.45, 7) is 4.14. The Bertz CT molecular complexity index is 1260. The minimum absolute atomic E-state index is 0.0563. The van der Waals surface area contributed by atoms with Crippen LogP contribution in [0.15, 0.2) is 30.3 Å². The Morgan fingerprint density at radius 3 is 2.88 bits per heavy atom. The molecule has 0 aliphatic carbocycles. The van der Waals surface area contributed by atoms with Crippen LogP contribution in [0, 0.1) is 6.92 Å². The van der Waals surface area contributed by atoms with E-state index in [-0.39, 0.29) is 5.91 Å². The second kappa shape index (κ2) is 9.03. The highest BCUT2D eigenvalue weighted by Gasteiger charge is 2.18. The van der Waals surface area contributed by atoms with Crippen LogP contribution in [0.3, 0.4) is 0 Å². The van der Waals surface area contributed by atoms with E-state index in [9.17, 15) is 4.79 Å². The molecular formula is C23H25ClN6OS. The number of aryl methyl sites for hydroxylation is 2. The van der Waals surface area contributed by atoms with Crippen LogP contribution in [0.25, 0.3) is 10.2 Å². The third-order valence-electron chi connectivity index (χ3n) is 5.90. The molecule has 4 heterocycles. The molecule has 0 bridgehead atoms. The lowest BCUT2D eigenvalue weighted by molar-refractivity contribution is 0.0958. The van der Waals surface area contributed by atoms with Crippen LogP contribution in [0.5, 0.6) is 0 Å². The Hall–Kier alpha value is -2.71. The molecule has 1 aliphatic rings. The van der Waals surface area contributed by atoms with Crippen molar-refractivity contribution >= 4 is 39.1 Å². The molecule has 1 aliphatic heterocycles. The SMILES string of the molecule is Cc1nn(Cc2ccc(Cl)cc2)c2sc(C(=O)NCCc3nnc4n3CCCCC4)cc12. The minimum Gasteiger partial charge on any atom is -0.351 e. The van der Waals surface area contributed by atoms with Gasteiger partial charge in [-0.3, -0.25) is 9.48 Å². The van der Waals surface area contributed by atoms with Crippen molar-refractivity contribution in [2.75, 3.05) is 6.54 Å². The number of rotatable bonds is 6. The summed E-state index contributed by atoms with van der Waals surface area (Å²) in [5.74, 6) is 1.99. The molecule has 1 aromatic carbocycles. The molecule has 7 nitrogen and oxygen atoms in total. The molecule has 0 saturated carbocycles. The van der Waals surface area contributed by atoms with Gasteiger partial charge < -0.3 is 9.88 Å². The van der Waals surface area contributed by atoms with E-state index in [2.05, 4.69) is 25.2 Å². The lowest BCUT2D eigenvalue weighted by Gasteiger charge is -2.07. The predicted molar refractivity (Wildman–Crippen MR) is 127 cm³/mol. The maximum absolute atomic E-state index is 12.8. The van der Waals surface area contributed by atoms with Crippen molar-refractivity contribution in [1.82, 2.24) is 29.9 Å². The van der Waals surface area contributed by atoms with Crippen LogP contribution in [-0.2, 0) is 25.9 Å². The first-order valence-electron chi connectivity index (χ1n) is 11.0. The highest BCUT2D eigenvalue weighted by Crippen LogP contribution is 2.29. The lowest BCUT2D eigenvalue weighted by atomic mass is 10.2. The highest BCUT2D eigenvalue weighted by atomic mass is 35.5. The number of nitrogens with one attached hydrogen (secondary N) is 1. The molecule has 3 aromatic heterocycles. The average Bonchev–Trinajstić information content (AvgIpc) is 3.41. The average molecular weight is 469 g/mol. The Balaban J connectivity index is 1.26. The summed E-state index contributed by atoms with van der Waals surface area (Å²) in [4.78, 5) is 14.5. The van der Waals surface area contributed by atoms with Gasteiger partial charge in [-0.25, -0.2) is 0 Å². The monoisotopic (exact) mass is 468 g/mol. The van der Waals surface area contributed by atoms with Crippen LogP contribution in [0.1, 0.15) is 51.8 Å². The minimum atomic E-state index is -0.0563. The standard InChI is InChI=1S/C23H25ClN6OS/c1-15-18-13-19(32-23(18)30(28-15)14-16-6-8-17(24)9-7-16)22(31)25-11-10-21-27-26-20-5-3-2-4-12-29(20)21/h6-9,13H,2-5,10-12,14H2,1H3,(H,25,31). The highest BCUT2D eigenvalue weighted by molar-refractivity contribution is 7.20. The number of amides is 1. The molecule has 5 rings (SSSR count). The zero-order valence-corrected chi connectivity index (χ0v) is 19.5. The summed E-state index contributed by atoms with van der Waals surface area (Å²) in [6.07, 6.45) is 5.26. The largest absolute Gasteiger partial charge is 0.351 e. The zero-order valence-electron chi connectivity index (χ0n) is 18.0. The predicted octanol–water partition coefficient (Wildman–Crippen LogP) is 4.40. The first-order valence-corrected chi connectivity index (χ1v) is 12.2. The van der Waals surface area contributed by atoms with Crippen LogP contribution < -0.4 is 5.32 Å². The van der Waals surface area contributed by atoms with Crippen molar-refractivity contribution in [3.63, 3.8) is 0 Å². The van der Waals surface area contributed by atoms with E-state index in [4.69, 9.17) is 11.6 Å². The van der Waals surface area contributed by atoms with Gasteiger partial charge in [-0.2, -0.15) is 5.10 Å². The van der Waals surface area contributed by atoms with Crippen LogP contribution in [0.4, 0.5) is 0 Å². The number of fused-ring (bicyclic) bond motifs is 2. The maximum Gasteiger partial charge on any atom is 0.261 e. The first-order chi connectivity index (χ1) is 15.6. The molecule has 0 spiro atoms. The smallest absolute Gasteiger partial charge is 0.261 e. The summed E-state index contributed by atoms with van der Waals surface area (Å²) >= 11 is 7.47. The second-order valence-corrected chi connectivity index (χ2v) is 9.67. The van der Waals surface area contributed by atoms with Gasteiger partial charge in [-0.1, -0.05) is 30.2 Å². The molecule has 1 N–H and O–H groups in total. The fraction of sp³-hybridized carbons (Fsp3) is 0.391. The van der Waals surface area contributed by atoms with E-state index in [1.165, 1.54) is 30.6 Å². The number of nitrogens with zero attached hydrogens (tertiary/aromatic N) is 5. The van der Waals surface area contributed by atoms with Crippen molar-refractivity contribution in [1.29, 1.82) is 0 Å². The molecule has 0 radical (unpaired) electrons.